The number of benzene rings is 1. The largest absolute Gasteiger partial charge is 0.451 e. The number of rotatable bonds is 4. The Morgan fingerprint density at radius 2 is 2.24 bits per heavy atom. The zero-order valence-corrected chi connectivity index (χ0v) is 12.8. The Kier molecular flexibility index (Phi) is 5.20. The zero-order chi connectivity index (χ0) is 15.4. The summed E-state index contributed by atoms with van der Waals surface area (Å²) in [6.45, 7) is 3.89. The number of amides is 1. The second kappa shape index (κ2) is 6.91. The van der Waals surface area contributed by atoms with Gasteiger partial charge in [0.2, 0.25) is 0 Å². The quantitative estimate of drug-likeness (QED) is 0.868. The molecule has 0 aliphatic carbocycles. The lowest BCUT2D eigenvalue weighted by molar-refractivity contribution is -0.162. The smallest absolute Gasteiger partial charge is 0.336 e. The van der Waals surface area contributed by atoms with Gasteiger partial charge in [0.25, 0.3) is 5.91 Å². The Bertz CT molecular complexity index is 540. The van der Waals surface area contributed by atoms with Crippen LogP contribution in [0, 0.1) is 6.92 Å². The van der Waals surface area contributed by atoms with Gasteiger partial charge in [0, 0.05) is 17.3 Å². The molecule has 1 aromatic rings. The number of carbonyl (C=O) groups is 2. The number of nitrogens with one attached hydrogen (secondary N) is 1. The first kappa shape index (κ1) is 15.8. The van der Waals surface area contributed by atoms with Gasteiger partial charge in [-0.25, -0.2) is 4.79 Å². The average molecular weight is 312 g/mol. The summed E-state index contributed by atoms with van der Waals surface area (Å²) in [5, 5.41) is 3.27. The molecule has 0 radical (unpaired) electrons. The second-order valence-corrected chi connectivity index (χ2v) is 5.39. The molecule has 1 aliphatic rings. The summed E-state index contributed by atoms with van der Waals surface area (Å²) < 4.78 is 10.4. The molecule has 2 atom stereocenters. The molecule has 1 saturated heterocycles. The van der Waals surface area contributed by atoms with E-state index in [9.17, 15) is 9.59 Å². The lowest BCUT2D eigenvalue weighted by Crippen LogP contribution is -2.34. The van der Waals surface area contributed by atoms with Crippen LogP contribution in [0.15, 0.2) is 18.2 Å². The molecule has 6 heteroatoms. The lowest BCUT2D eigenvalue weighted by atomic mass is 10.2. The van der Waals surface area contributed by atoms with Crippen molar-refractivity contribution in [3.63, 3.8) is 0 Å². The minimum absolute atomic E-state index is 0.397. The van der Waals surface area contributed by atoms with Crippen LogP contribution in [0.4, 0.5) is 5.69 Å². The molecule has 5 nitrogen and oxygen atoms in total. The highest BCUT2D eigenvalue weighted by atomic mass is 35.5. The fraction of sp³-hybridized carbons (Fsp3) is 0.467. The van der Waals surface area contributed by atoms with Crippen molar-refractivity contribution >= 4 is 29.2 Å². The van der Waals surface area contributed by atoms with E-state index in [2.05, 4.69) is 5.32 Å². The van der Waals surface area contributed by atoms with Gasteiger partial charge in [0.05, 0.1) is 0 Å². The van der Waals surface area contributed by atoms with Gasteiger partial charge < -0.3 is 14.8 Å². The molecule has 0 saturated carbocycles. The summed E-state index contributed by atoms with van der Waals surface area (Å²) in [6.07, 6.45) is 0.0380. The number of anilines is 1. The second-order valence-electron chi connectivity index (χ2n) is 4.98. The minimum Gasteiger partial charge on any atom is -0.451 e. The molecule has 1 aromatic carbocycles. The van der Waals surface area contributed by atoms with E-state index in [-0.39, 0.29) is 0 Å². The molecule has 1 N–H and O–H groups in total. The van der Waals surface area contributed by atoms with Gasteiger partial charge in [-0.05, 0) is 44.4 Å². The first-order valence-corrected chi connectivity index (χ1v) is 7.25. The molecule has 1 amide bonds. The van der Waals surface area contributed by atoms with Crippen LogP contribution in [0.2, 0.25) is 5.02 Å². The summed E-state index contributed by atoms with van der Waals surface area (Å²) in [6, 6.07) is 5.23. The van der Waals surface area contributed by atoms with Crippen molar-refractivity contribution in [2.75, 3.05) is 11.9 Å². The van der Waals surface area contributed by atoms with Gasteiger partial charge in [-0.3, -0.25) is 4.79 Å². The maximum absolute atomic E-state index is 12.1. The van der Waals surface area contributed by atoms with E-state index < -0.39 is 24.1 Å². The normalized spacial score (nSPS) is 19.1. The molecule has 0 aromatic heterocycles. The van der Waals surface area contributed by atoms with E-state index in [4.69, 9.17) is 21.1 Å². The van der Waals surface area contributed by atoms with Crippen molar-refractivity contribution < 1.29 is 19.1 Å². The number of halogens is 1. The lowest BCUT2D eigenvalue weighted by Gasteiger charge is -2.17. The highest BCUT2D eigenvalue weighted by molar-refractivity contribution is 6.31. The number of ether oxygens (including phenoxy) is 2. The average Bonchev–Trinajstić information content (AvgIpc) is 2.98. The summed E-state index contributed by atoms with van der Waals surface area (Å²) in [5.74, 6) is -0.885. The third-order valence-electron chi connectivity index (χ3n) is 3.38. The molecular formula is C15H18ClNO4. The molecule has 0 spiro atoms. The Balaban J connectivity index is 1.93. The van der Waals surface area contributed by atoms with Crippen LogP contribution in [-0.4, -0.2) is 30.7 Å². The molecule has 0 bridgehead atoms. The summed E-state index contributed by atoms with van der Waals surface area (Å²) in [4.78, 5) is 23.8. The fourth-order valence-corrected chi connectivity index (χ4v) is 2.22. The SMILES string of the molecule is Cc1c(Cl)cccc1NC(=O)[C@@H](C)OC(=O)[C@H]1CCCO1. The van der Waals surface area contributed by atoms with Crippen LogP contribution in [0.1, 0.15) is 25.3 Å². The number of hydrogen-bond donors (Lipinski definition) is 1. The predicted octanol–water partition coefficient (Wildman–Crippen LogP) is 2.70. The molecule has 2 rings (SSSR count). The van der Waals surface area contributed by atoms with Crippen LogP contribution in [0.25, 0.3) is 0 Å². The van der Waals surface area contributed by atoms with E-state index in [1.54, 1.807) is 25.1 Å². The molecule has 1 fully saturated rings. The van der Waals surface area contributed by atoms with Gasteiger partial charge in [-0.2, -0.15) is 0 Å². The first-order valence-electron chi connectivity index (χ1n) is 6.87. The Hall–Kier alpha value is -1.59. The van der Waals surface area contributed by atoms with E-state index in [0.717, 1.165) is 12.0 Å². The van der Waals surface area contributed by atoms with Gasteiger partial charge >= 0.3 is 5.97 Å². The van der Waals surface area contributed by atoms with Crippen LogP contribution in [0.5, 0.6) is 0 Å². The maximum Gasteiger partial charge on any atom is 0.336 e. The van der Waals surface area contributed by atoms with Crippen LogP contribution in [-0.2, 0) is 19.1 Å². The fourth-order valence-electron chi connectivity index (χ4n) is 2.04. The van der Waals surface area contributed by atoms with Crippen LogP contribution < -0.4 is 5.32 Å². The Labute approximate surface area is 128 Å². The standard InChI is InChI=1S/C15H18ClNO4/c1-9-11(16)5-3-6-12(9)17-14(18)10(2)21-15(19)13-7-4-8-20-13/h3,5-6,10,13H,4,7-8H2,1-2H3,(H,17,18)/t10-,13-/m1/s1. The highest BCUT2D eigenvalue weighted by Gasteiger charge is 2.28. The van der Waals surface area contributed by atoms with Crippen molar-refractivity contribution in [1.82, 2.24) is 0 Å². The maximum atomic E-state index is 12.1. The molecular weight excluding hydrogens is 294 g/mol. The highest BCUT2D eigenvalue weighted by Crippen LogP contribution is 2.23. The van der Waals surface area contributed by atoms with Gasteiger partial charge in [-0.1, -0.05) is 17.7 Å². The van der Waals surface area contributed by atoms with Crippen molar-refractivity contribution in [1.29, 1.82) is 0 Å². The first-order chi connectivity index (χ1) is 9.99. The van der Waals surface area contributed by atoms with Crippen molar-refractivity contribution in [3.8, 4) is 0 Å². The van der Waals surface area contributed by atoms with Gasteiger partial charge in [0.1, 0.15) is 0 Å². The van der Waals surface area contributed by atoms with Gasteiger partial charge in [-0.15, -0.1) is 0 Å². The third-order valence-corrected chi connectivity index (χ3v) is 3.79. The number of hydrogen-bond acceptors (Lipinski definition) is 4. The van der Waals surface area contributed by atoms with Crippen molar-refractivity contribution in [3.05, 3.63) is 28.8 Å². The molecule has 21 heavy (non-hydrogen) atoms. The molecule has 114 valence electrons. The van der Waals surface area contributed by atoms with Crippen molar-refractivity contribution in [2.24, 2.45) is 0 Å². The van der Waals surface area contributed by atoms with E-state index in [1.165, 1.54) is 6.92 Å². The Morgan fingerprint density at radius 3 is 2.90 bits per heavy atom. The van der Waals surface area contributed by atoms with E-state index in [1.807, 2.05) is 0 Å². The summed E-state index contributed by atoms with van der Waals surface area (Å²) >= 11 is 5.99. The monoisotopic (exact) mass is 311 g/mol. The topological polar surface area (TPSA) is 64.6 Å². The van der Waals surface area contributed by atoms with E-state index in [0.29, 0.717) is 23.7 Å². The molecule has 1 aliphatic heterocycles. The third kappa shape index (κ3) is 3.95. The van der Waals surface area contributed by atoms with Gasteiger partial charge in [0.15, 0.2) is 12.2 Å². The predicted molar refractivity (Wildman–Crippen MR) is 79.3 cm³/mol. The van der Waals surface area contributed by atoms with Crippen LogP contribution >= 0.6 is 11.6 Å². The number of carbonyl (C=O) groups excluding carboxylic acids is 2. The molecule has 0 unspecified atom stereocenters. The van der Waals surface area contributed by atoms with E-state index >= 15 is 0 Å². The minimum atomic E-state index is -0.889. The zero-order valence-electron chi connectivity index (χ0n) is 12.0. The summed E-state index contributed by atoms with van der Waals surface area (Å²) in [5.41, 5.74) is 1.37. The summed E-state index contributed by atoms with van der Waals surface area (Å²) in [7, 11) is 0. The Morgan fingerprint density at radius 1 is 1.48 bits per heavy atom. The van der Waals surface area contributed by atoms with Crippen molar-refractivity contribution in [2.45, 2.75) is 38.9 Å². The van der Waals surface area contributed by atoms with Crippen LogP contribution in [0.3, 0.4) is 0 Å². The number of esters is 1. The molecule has 1 heterocycles.